The Labute approximate surface area is 122 Å². The quantitative estimate of drug-likeness (QED) is 0.852. The summed E-state index contributed by atoms with van der Waals surface area (Å²) < 4.78 is 0. The van der Waals surface area contributed by atoms with E-state index in [4.69, 9.17) is 0 Å². The maximum absolute atomic E-state index is 4.66. The molecular weight excluding hydrogens is 268 g/mol. The van der Waals surface area contributed by atoms with E-state index in [1.165, 1.54) is 36.3 Å². The molecule has 2 N–H and O–H groups in total. The van der Waals surface area contributed by atoms with E-state index in [9.17, 15) is 0 Å². The molecule has 0 unspecified atom stereocenters. The van der Waals surface area contributed by atoms with Crippen LogP contribution in [-0.2, 0) is 6.54 Å². The zero-order chi connectivity index (χ0) is 13.4. The predicted molar refractivity (Wildman–Crippen MR) is 82.3 cm³/mol. The average Bonchev–Trinajstić information content (AvgIpc) is 3.37. The summed E-state index contributed by atoms with van der Waals surface area (Å²) in [4.78, 5) is 10.6. The van der Waals surface area contributed by atoms with Crippen LogP contribution in [0.5, 0.6) is 0 Å². The molecule has 2 saturated carbocycles. The van der Waals surface area contributed by atoms with Gasteiger partial charge in [-0.1, -0.05) is 6.07 Å². The lowest BCUT2D eigenvalue weighted by Gasteiger charge is -2.10. The van der Waals surface area contributed by atoms with Crippen LogP contribution < -0.4 is 10.6 Å². The number of thiophene rings is 1. The third-order valence-corrected chi connectivity index (χ3v) is 4.55. The van der Waals surface area contributed by atoms with Gasteiger partial charge in [-0.3, -0.25) is 0 Å². The van der Waals surface area contributed by atoms with Crippen LogP contribution in [0.15, 0.2) is 23.6 Å². The molecular formula is C15H18N4S. The summed E-state index contributed by atoms with van der Waals surface area (Å²) >= 11 is 1.77. The number of nitrogens with zero attached hydrogens (tertiary/aromatic N) is 2. The molecule has 2 aliphatic carbocycles. The highest BCUT2D eigenvalue weighted by molar-refractivity contribution is 7.09. The van der Waals surface area contributed by atoms with Crippen molar-refractivity contribution in [2.24, 2.45) is 0 Å². The second kappa shape index (κ2) is 5.05. The highest BCUT2D eigenvalue weighted by Gasteiger charge is 2.27. The van der Waals surface area contributed by atoms with E-state index in [-0.39, 0.29) is 0 Å². The maximum Gasteiger partial charge on any atom is 0.225 e. The lowest BCUT2D eigenvalue weighted by molar-refractivity contribution is 0.960. The van der Waals surface area contributed by atoms with Crippen LogP contribution in [0.25, 0.3) is 0 Å². The molecule has 0 aromatic carbocycles. The molecule has 5 heteroatoms. The topological polar surface area (TPSA) is 49.8 Å². The fourth-order valence-electron chi connectivity index (χ4n) is 2.21. The number of nitrogens with one attached hydrogen (secondary N) is 2. The van der Waals surface area contributed by atoms with Crippen LogP contribution >= 0.6 is 11.3 Å². The first kappa shape index (κ1) is 12.1. The Hall–Kier alpha value is -1.62. The van der Waals surface area contributed by atoms with Crippen molar-refractivity contribution in [3.05, 3.63) is 34.2 Å². The van der Waals surface area contributed by atoms with Crippen LogP contribution in [0.4, 0.5) is 11.8 Å². The van der Waals surface area contributed by atoms with Crippen LogP contribution in [0.2, 0.25) is 0 Å². The SMILES string of the molecule is c1csc(CNc2cc(C3CC3)nc(NC3CC3)n2)c1. The normalized spacial score (nSPS) is 18.0. The smallest absolute Gasteiger partial charge is 0.225 e. The molecule has 4 nitrogen and oxygen atoms in total. The molecule has 2 aromatic heterocycles. The van der Waals surface area contributed by atoms with E-state index >= 15 is 0 Å². The van der Waals surface area contributed by atoms with Gasteiger partial charge in [-0.2, -0.15) is 4.98 Å². The van der Waals surface area contributed by atoms with Gasteiger partial charge >= 0.3 is 0 Å². The summed E-state index contributed by atoms with van der Waals surface area (Å²) in [7, 11) is 0. The second-order valence-corrected chi connectivity index (χ2v) is 6.66. The summed E-state index contributed by atoms with van der Waals surface area (Å²) in [6.07, 6.45) is 5.03. The number of rotatable bonds is 6. The maximum atomic E-state index is 4.66. The van der Waals surface area contributed by atoms with Gasteiger partial charge in [0, 0.05) is 22.9 Å². The van der Waals surface area contributed by atoms with Gasteiger partial charge in [-0.05, 0) is 37.1 Å². The van der Waals surface area contributed by atoms with Gasteiger partial charge in [0.05, 0.1) is 12.2 Å². The first-order chi connectivity index (χ1) is 9.87. The van der Waals surface area contributed by atoms with Crippen LogP contribution in [0.1, 0.15) is 42.2 Å². The van der Waals surface area contributed by atoms with Crippen molar-refractivity contribution in [1.82, 2.24) is 9.97 Å². The lowest BCUT2D eigenvalue weighted by atomic mass is 10.3. The second-order valence-electron chi connectivity index (χ2n) is 5.63. The minimum Gasteiger partial charge on any atom is -0.365 e. The van der Waals surface area contributed by atoms with Crippen molar-refractivity contribution >= 4 is 23.1 Å². The Bertz CT molecular complexity index is 588. The highest BCUT2D eigenvalue weighted by atomic mass is 32.1. The van der Waals surface area contributed by atoms with E-state index in [1.54, 1.807) is 11.3 Å². The van der Waals surface area contributed by atoms with Crippen LogP contribution in [-0.4, -0.2) is 16.0 Å². The molecule has 20 heavy (non-hydrogen) atoms. The Kier molecular flexibility index (Phi) is 3.07. The summed E-state index contributed by atoms with van der Waals surface area (Å²) in [6.45, 7) is 0.835. The van der Waals surface area contributed by atoms with E-state index in [0.29, 0.717) is 12.0 Å². The zero-order valence-electron chi connectivity index (χ0n) is 11.3. The first-order valence-corrected chi connectivity index (χ1v) is 8.16. The van der Waals surface area contributed by atoms with E-state index in [1.807, 2.05) is 0 Å². The van der Waals surface area contributed by atoms with E-state index < -0.39 is 0 Å². The molecule has 2 heterocycles. The standard InChI is InChI=1S/C15H18N4S/c1-2-12(20-7-1)9-16-14-8-13(10-3-4-10)18-15(19-14)17-11-5-6-11/h1-2,7-8,10-11H,3-6,9H2,(H2,16,17,18,19). The molecule has 2 aliphatic rings. The largest absolute Gasteiger partial charge is 0.365 e. The molecule has 0 aliphatic heterocycles. The fourth-order valence-corrected chi connectivity index (χ4v) is 2.86. The molecule has 2 fully saturated rings. The Morgan fingerprint density at radius 1 is 1.20 bits per heavy atom. The average molecular weight is 286 g/mol. The third-order valence-electron chi connectivity index (χ3n) is 3.68. The Balaban J connectivity index is 1.51. The molecule has 0 amide bonds. The predicted octanol–water partition coefficient (Wildman–Crippen LogP) is 3.60. The molecule has 104 valence electrons. The Morgan fingerprint density at radius 2 is 2.10 bits per heavy atom. The van der Waals surface area contributed by atoms with E-state index in [2.05, 4.69) is 44.2 Å². The number of hydrogen-bond acceptors (Lipinski definition) is 5. The summed E-state index contributed by atoms with van der Waals surface area (Å²) in [5.74, 6) is 2.39. The van der Waals surface area contributed by atoms with Gasteiger partial charge in [0.1, 0.15) is 5.82 Å². The van der Waals surface area contributed by atoms with Crippen molar-refractivity contribution in [3.63, 3.8) is 0 Å². The van der Waals surface area contributed by atoms with Crippen LogP contribution in [0, 0.1) is 0 Å². The van der Waals surface area contributed by atoms with Crippen molar-refractivity contribution in [2.45, 2.75) is 44.2 Å². The van der Waals surface area contributed by atoms with Gasteiger partial charge in [-0.25, -0.2) is 4.98 Å². The number of anilines is 2. The summed E-state index contributed by atoms with van der Waals surface area (Å²) in [5, 5.41) is 8.94. The molecule has 4 rings (SSSR count). The molecule has 0 atom stereocenters. The summed E-state index contributed by atoms with van der Waals surface area (Å²) in [6, 6.07) is 6.93. The van der Waals surface area contributed by atoms with Gasteiger partial charge in [-0.15, -0.1) is 11.3 Å². The monoisotopic (exact) mass is 286 g/mol. The molecule has 0 spiro atoms. The first-order valence-electron chi connectivity index (χ1n) is 7.28. The molecule has 0 saturated heterocycles. The van der Waals surface area contributed by atoms with Gasteiger partial charge in [0.2, 0.25) is 5.95 Å². The molecule has 0 bridgehead atoms. The van der Waals surface area contributed by atoms with Gasteiger partial charge in [0.15, 0.2) is 0 Å². The lowest BCUT2D eigenvalue weighted by Crippen LogP contribution is -2.09. The zero-order valence-corrected chi connectivity index (χ0v) is 12.1. The number of aromatic nitrogens is 2. The van der Waals surface area contributed by atoms with Crippen molar-refractivity contribution in [1.29, 1.82) is 0 Å². The fraction of sp³-hybridized carbons (Fsp3) is 0.467. The van der Waals surface area contributed by atoms with Gasteiger partial charge in [0.25, 0.3) is 0 Å². The third kappa shape index (κ3) is 2.93. The summed E-state index contributed by atoms with van der Waals surface area (Å²) in [5.41, 5.74) is 1.19. The van der Waals surface area contributed by atoms with Gasteiger partial charge < -0.3 is 10.6 Å². The minimum absolute atomic E-state index is 0.592. The molecule has 2 aromatic rings. The minimum atomic E-state index is 0.592. The Morgan fingerprint density at radius 3 is 2.80 bits per heavy atom. The number of hydrogen-bond donors (Lipinski definition) is 2. The van der Waals surface area contributed by atoms with Crippen molar-refractivity contribution in [2.75, 3.05) is 10.6 Å². The van der Waals surface area contributed by atoms with Crippen LogP contribution in [0.3, 0.4) is 0 Å². The van der Waals surface area contributed by atoms with Crippen molar-refractivity contribution < 1.29 is 0 Å². The highest BCUT2D eigenvalue weighted by Crippen LogP contribution is 2.40. The van der Waals surface area contributed by atoms with Crippen molar-refractivity contribution in [3.8, 4) is 0 Å². The van der Waals surface area contributed by atoms with E-state index in [0.717, 1.165) is 18.3 Å². The molecule has 0 radical (unpaired) electrons.